The van der Waals surface area contributed by atoms with E-state index < -0.39 is 0 Å². The van der Waals surface area contributed by atoms with E-state index in [-0.39, 0.29) is 5.97 Å². The first-order chi connectivity index (χ1) is 21.5. The normalized spacial score (nSPS) is 11.2. The molecule has 7 nitrogen and oxygen atoms in total. The maximum atomic E-state index is 11.4. The minimum Gasteiger partial charge on any atom is -0.494 e. The van der Waals surface area contributed by atoms with Crippen LogP contribution in [0.5, 0.6) is 5.75 Å². The van der Waals surface area contributed by atoms with Gasteiger partial charge >= 0.3 is 5.97 Å². The van der Waals surface area contributed by atoms with E-state index in [9.17, 15) is 4.79 Å². The molecule has 2 heterocycles. The van der Waals surface area contributed by atoms with Gasteiger partial charge in [-0.25, -0.2) is 4.79 Å². The van der Waals surface area contributed by atoms with E-state index in [1.54, 1.807) is 6.92 Å². The van der Waals surface area contributed by atoms with Gasteiger partial charge in [0.1, 0.15) is 5.75 Å². The van der Waals surface area contributed by atoms with Crippen LogP contribution in [0.2, 0.25) is 0 Å². The molecule has 4 aromatic carbocycles. The Morgan fingerprint density at radius 3 is 2.05 bits per heavy atom. The third-order valence-electron chi connectivity index (χ3n) is 7.79. The van der Waals surface area contributed by atoms with Crippen molar-refractivity contribution in [2.24, 2.45) is 7.05 Å². The molecule has 0 saturated heterocycles. The fourth-order valence-electron chi connectivity index (χ4n) is 5.34. The molecule has 0 aliphatic rings. The largest absolute Gasteiger partial charge is 0.494 e. The molecule has 0 atom stereocenters. The Labute approximate surface area is 256 Å². The number of carbonyl (C=O) groups is 1. The molecule has 2 aromatic heterocycles. The first kappa shape index (κ1) is 28.9. The minimum atomic E-state index is -0.319. The molecule has 0 radical (unpaired) electrons. The van der Waals surface area contributed by atoms with Crippen LogP contribution in [0, 0.1) is 0 Å². The molecule has 0 spiro atoms. The Balaban J connectivity index is 1.03. The van der Waals surface area contributed by atoms with Crippen molar-refractivity contribution in [3.05, 3.63) is 103 Å². The van der Waals surface area contributed by atoms with Crippen LogP contribution in [0.15, 0.2) is 108 Å². The number of esters is 1. The second-order valence-corrected chi connectivity index (χ2v) is 11.0. The summed E-state index contributed by atoms with van der Waals surface area (Å²) in [5.74, 6) is 1.51. The van der Waals surface area contributed by atoms with Gasteiger partial charge in [-0.3, -0.25) is 0 Å². The Hall–Kier alpha value is -5.17. The van der Waals surface area contributed by atoms with Crippen LogP contribution in [0.3, 0.4) is 0 Å². The van der Waals surface area contributed by atoms with Crippen molar-refractivity contribution in [2.45, 2.75) is 32.6 Å². The van der Waals surface area contributed by atoms with E-state index in [2.05, 4.69) is 89.1 Å². The Morgan fingerprint density at radius 1 is 0.727 bits per heavy atom. The topological polar surface area (TPSA) is 79.4 Å². The molecule has 0 saturated carbocycles. The van der Waals surface area contributed by atoms with Gasteiger partial charge in [-0.2, -0.15) is 0 Å². The van der Waals surface area contributed by atoms with E-state index in [0.29, 0.717) is 30.6 Å². The van der Waals surface area contributed by atoms with Crippen molar-refractivity contribution in [2.75, 3.05) is 13.2 Å². The van der Waals surface area contributed by atoms with Gasteiger partial charge in [0.15, 0.2) is 0 Å². The number of aromatic nitrogens is 3. The SMILES string of the molecule is C=C(C)C(=O)OCCCCCCOc1ccc(-c2ccc(-c3nnc(-c4ccc5c(c4)c4ccccc4n5C)o3)cc2)cc1. The summed E-state index contributed by atoms with van der Waals surface area (Å²) in [7, 11) is 2.09. The van der Waals surface area contributed by atoms with Crippen LogP contribution in [-0.2, 0) is 16.6 Å². The monoisotopic (exact) mass is 585 g/mol. The quantitative estimate of drug-likeness (QED) is 0.0811. The van der Waals surface area contributed by atoms with Gasteiger partial charge in [0.25, 0.3) is 0 Å². The summed E-state index contributed by atoms with van der Waals surface area (Å²) < 4.78 is 19.3. The van der Waals surface area contributed by atoms with E-state index in [4.69, 9.17) is 13.9 Å². The number of hydrogen-bond acceptors (Lipinski definition) is 6. The number of rotatable bonds is 12. The van der Waals surface area contributed by atoms with Gasteiger partial charge in [0.2, 0.25) is 11.8 Å². The minimum absolute atomic E-state index is 0.319. The van der Waals surface area contributed by atoms with Crippen molar-refractivity contribution in [3.8, 4) is 39.8 Å². The zero-order valence-electron chi connectivity index (χ0n) is 25.1. The number of fused-ring (bicyclic) bond motifs is 3. The Kier molecular flexibility index (Phi) is 8.55. The van der Waals surface area contributed by atoms with Crippen molar-refractivity contribution in [3.63, 3.8) is 0 Å². The Bertz CT molecular complexity index is 1920. The maximum absolute atomic E-state index is 11.4. The van der Waals surface area contributed by atoms with Crippen LogP contribution in [-0.4, -0.2) is 33.9 Å². The van der Waals surface area contributed by atoms with Gasteiger partial charge in [0, 0.05) is 45.6 Å². The molecule has 222 valence electrons. The van der Waals surface area contributed by atoms with Crippen LogP contribution < -0.4 is 4.74 Å². The molecule has 0 bridgehead atoms. The number of aryl methyl sites for hydroxylation is 1. The van der Waals surface area contributed by atoms with Gasteiger partial charge in [-0.1, -0.05) is 49.0 Å². The lowest BCUT2D eigenvalue weighted by atomic mass is 10.0. The van der Waals surface area contributed by atoms with Crippen LogP contribution in [0.25, 0.3) is 55.8 Å². The molecule has 6 rings (SSSR count). The molecular formula is C37H35N3O4. The summed E-state index contributed by atoms with van der Waals surface area (Å²) in [5.41, 5.74) is 6.75. The lowest BCUT2D eigenvalue weighted by molar-refractivity contribution is -0.139. The van der Waals surface area contributed by atoms with E-state index in [1.165, 1.54) is 10.9 Å². The number of hydrogen-bond donors (Lipinski definition) is 0. The second kappa shape index (κ2) is 13.0. The van der Waals surface area contributed by atoms with Crippen molar-refractivity contribution in [1.82, 2.24) is 14.8 Å². The van der Waals surface area contributed by atoms with Crippen LogP contribution in [0.4, 0.5) is 0 Å². The molecule has 6 aromatic rings. The number of nitrogens with zero attached hydrogens (tertiary/aromatic N) is 3. The molecule has 0 fully saturated rings. The zero-order valence-corrected chi connectivity index (χ0v) is 25.1. The number of benzene rings is 4. The predicted octanol–water partition coefficient (Wildman–Crippen LogP) is 8.77. The van der Waals surface area contributed by atoms with Gasteiger partial charge in [-0.05, 0) is 92.3 Å². The highest BCUT2D eigenvalue weighted by molar-refractivity contribution is 6.09. The van der Waals surface area contributed by atoms with Crippen LogP contribution in [0.1, 0.15) is 32.6 Å². The number of unbranched alkanes of at least 4 members (excludes halogenated alkanes) is 3. The third-order valence-corrected chi connectivity index (χ3v) is 7.79. The summed E-state index contributed by atoms with van der Waals surface area (Å²) in [6.07, 6.45) is 3.82. The smallest absolute Gasteiger partial charge is 0.333 e. The second-order valence-electron chi connectivity index (χ2n) is 11.0. The highest BCUT2D eigenvalue weighted by Crippen LogP contribution is 2.33. The highest BCUT2D eigenvalue weighted by Gasteiger charge is 2.14. The summed E-state index contributed by atoms with van der Waals surface area (Å²) in [5, 5.41) is 11.0. The standard InChI is InChI=1S/C37H35N3O4/c1-25(2)37(41)43-23-9-5-4-8-22-42-30-19-16-27(17-20-30)26-12-14-28(15-13-26)35-38-39-36(44-35)29-18-21-34-32(24-29)31-10-6-7-11-33(31)40(34)3/h6-7,10-21,24H,1,4-5,8-9,22-23H2,2-3H3. The van der Waals surface area contributed by atoms with E-state index in [0.717, 1.165) is 64.6 Å². The third kappa shape index (κ3) is 6.27. The van der Waals surface area contributed by atoms with Gasteiger partial charge in [-0.15, -0.1) is 10.2 Å². The molecule has 44 heavy (non-hydrogen) atoms. The molecule has 0 aliphatic heterocycles. The molecular weight excluding hydrogens is 550 g/mol. The maximum Gasteiger partial charge on any atom is 0.333 e. The van der Waals surface area contributed by atoms with Crippen LogP contribution >= 0.6 is 0 Å². The molecule has 7 heteroatoms. The molecule has 0 unspecified atom stereocenters. The van der Waals surface area contributed by atoms with Gasteiger partial charge in [0.05, 0.1) is 13.2 Å². The zero-order chi connectivity index (χ0) is 30.5. The number of para-hydroxylation sites is 1. The average Bonchev–Trinajstić information content (AvgIpc) is 3.66. The summed E-state index contributed by atoms with van der Waals surface area (Å²) in [4.78, 5) is 11.4. The summed E-state index contributed by atoms with van der Waals surface area (Å²) in [6, 6.07) is 30.9. The fourth-order valence-corrected chi connectivity index (χ4v) is 5.34. The first-order valence-electron chi connectivity index (χ1n) is 15.0. The Morgan fingerprint density at radius 2 is 1.32 bits per heavy atom. The van der Waals surface area contributed by atoms with Gasteiger partial charge < -0.3 is 18.5 Å². The predicted molar refractivity (Wildman–Crippen MR) is 174 cm³/mol. The lowest BCUT2D eigenvalue weighted by Crippen LogP contribution is -2.06. The molecule has 0 amide bonds. The fraction of sp³-hybridized carbons (Fsp3) is 0.216. The number of ether oxygens (including phenoxy) is 2. The van der Waals surface area contributed by atoms with E-state index >= 15 is 0 Å². The van der Waals surface area contributed by atoms with E-state index in [1.807, 2.05) is 30.3 Å². The van der Waals surface area contributed by atoms with Crippen molar-refractivity contribution < 1.29 is 18.7 Å². The molecule has 0 aliphatic carbocycles. The number of carbonyl (C=O) groups excluding carboxylic acids is 1. The molecule has 0 N–H and O–H groups in total. The average molecular weight is 586 g/mol. The van der Waals surface area contributed by atoms with Crippen molar-refractivity contribution in [1.29, 1.82) is 0 Å². The summed E-state index contributed by atoms with van der Waals surface area (Å²) >= 11 is 0. The van der Waals surface area contributed by atoms with Crippen molar-refractivity contribution >= 4 is 27.8 Å². The first-order valence-corrected chi connectivity index (χ1v) is 15.0. The summed E-state index contributed by atoms with van der Waals surface area (Å²) in [6.45, 7) is 6.33. The highest BCUT2D eigenvalue weighted by atomic mass is 16.5. The lowest BCUT2D eigenvalue weighted by Gasteiger charge is -2.08.